The number of aromatic carboxylic acids is 1. The number of hydrogen-bond donors (Lipinski definition) is 1. The van der Waals surface area contributed by atoms with Gasteiger partial charge < -0.3 is 5.11 Å². The summed E-state index contributed by atoms with van der Waals surface area (Å²) in [5.41, 5.74) is 0.779. The van der Waals surface area contributed by atoms with Crippen molar-refractivity contribution in [2.75, 3.05) is 0 Å². The van der Waals surface area contributed by atoms with Crippen LogP contribution < -0.4 is 0 Å². The van der Waals surface area contributed by atoms with Gasteiger partial charge in [-0.3, -0.25) is 0 Å². The maximum absolute atomic E-state index is 10.8. The van der Waals surface area contributed by atoms with E-state index >= 15 is 0 Å². The van der Waals surface area contributed by atoms with E-state index in [0.29, 0.717) is 22.0 Å². The van der Waals surface area contributed by atoms with E-state index in [4.69, 9.17) is 28.3 Å². The van der Waals surface area contributed by atoms with Crippen LogP contribution in [-0.4, -0.2) is 11.1 Å². The van der Waals surface area contributed by atoms with Crippen molar-refractivity contribution >= 4 is 29.2 Å². The SMILES string of the molecule is C=C(Cl)Cc1cc(Cl)ccc1C(=O)O. The summed E-state index contributed by atoms with van der Waals surface area (Å²) in [6.45, 7) is 3.51. The van der Waals surface area contributed by atoms with Gasteiger partial charge in [-0.05, 0) is 23.8 Å². The Hall–Kier alpha value is -0.990. The maximum atomic E-state index is 10.8. The van der Waals surface area contributed by atoms with Gasteiger partial charge >= 0.3 is 5.97 Å². The zero-order chi connectivity index (χ0) is 10.7. The van der Waals surface area contributed by atoms with Crippen LogP contribution >= 0.6 is 23.2 Å². The lowest BCUT2D eigenvalue weighted by Crippen LogP contribution is -2.02. The van der Waals surface area contributed by atoms with Gasteiger partial charge in [0, 0.05) is 16.5 Å². The minimum atomic E-state index is -0.991. The number of rotatable bonds is 3. The van der Waals surface area contributed by atoms with Crippen LogP contribution in [0.15, 0.2) is 29.8 Å². The molecule has 1 N–H and O–H groups in total. The van der Waals surface area contributed by atoms with Gasteiger partial charge in [-0.25, -0.2) is 4.79 Å². The summed E-state index contributed by atoms with van der Waals surface area (Å²) < 4.78 is 0. The van der Waals surface area contributed by atoms with Gasteiger partial charge in [-0.1, -0.05) is 29.8 Å². The molecule has 1 aromatic rings. The first-order chi connectivity index (χ1) is 6.50. The summed E-state index contributed by atoms with van der Waals surface area (Å²) in [6, 6.07) is 4.57. The van der Waals surface area contributed by atoms with Gasteiger partial charge in [-0.15, -0.1) is 0 Å². The fourth-order valence-corrected chi connectivity index (χ4v) is 1.46. The van der Waals surface area contributed by atoms with Crippen LogP contribution in [-0.2, 0) is 6.42 Å². The van der Waals surface area contributed by atoms with E-state index in [2.05, 4.69) is 6.58 Å². The number of carboxylic acids is 1. The minimum absolute atomic E-state index is 0.205. The quantitative estimate of drug-likeness (QED) is 0.866. The molecule has 0 spiro atoms. The molecule has 0 aromatic heterocycles. The van der Waals surface area contributed by atoms with Gasteiger partial charge in [0.05, 0.1) is 5.56 Å². The van der Waals surface area contributed by atoms with Gasteiger partial charge in [0.1, 0.15) is 0 Å². The van der Waals surface area contributed by atoms with Crippen molar-refractivity contribution in [1.29, 1.82) is 0 Å². The molecule has 14 heavy (non-hydrogen) atoms. The third kappa shape index (κ3) is 2.76. The Labute approximate surface area is 91.8 Å². The molecule has 1 rings (SSSR count). The molecule has 0 fully saturated rings. The first kappa shape index (κ1) is 11.1. The van der Waals surface area contributed by atoms with Crippen LogP contribution in [0.2, 0.25) is 5.02 Å². The second-order valence-corrected chi connectivity index (χ2v) is 3.77. The molecule has 0 aliphatic carbocycles. The molecular formula is C10H8Cl2O2. The van der Waals surface area contributed by atoms with Gasteiger partial charge in [-0.2, -0.15) is 0 Å². The highest BCUT2D eigenvalue weighted by atomic mass is 35.5. The van der Waals surface area contributed by atoms with Crippen molar-refractivity contribution in [2.24, 2.45) is 0 Å². The Morgan fingerprint density at radius 2 is 2.14 bits per heavy atom. The number of benzene rings is 1. The van der Waals surface area contributed by atoms with E-state index in [1.165, 1.54) is 12.1 Å². The number of carboxylic acid groups (broad SMARTS) is 1. The van der Waals surface area contributed by atoms with Crippen LogP contribution in [0.5, 0.6) is 0 Å². The number of halogens is 2. The van der Waals surface area contributed by atoms with Crippen LogP contribution in [0, 0.1) is 0 Å². The average molecular weight is 231 g/mol. The molecule has 0 amide bonds. The van der Waals surface area contributed by atoms with E-state index in [1.807, 2.05) is 0 Å². The van der Waals surface area contributed by atoms with Crippen LogP contribution in [0.25, 0.3) is 0 Å². The number of carbonyl (C=O) groups is 1. The summed E-state index contributed by atoms with van der Waals surface area (Å²) in [4.78, 5) is 10.8. The van der Waals surface area contributed by atoms with Crippen molar-refractivity contribution in [3.8, 4) is 0 Å². The van der Waals surface area contributed by atoms with Crippen molar-refractivity contribution in [1.82, 2.24) is 0 Å². The monoisotopic (exact) mass is 230 g/mol. The fourth-order valence-electron chi connectivity index (χ4n) is 1.12. The topological polar surface area (TPSA) is 37.3 Å². The summed E-state index contributed by atoms with van der Waals surface area (Å²) in [5.74, 6) is -0.991. The highest BCUT2D eigenvalue weighted by Crippen LogP contribution is 2.19. The van der Waals surface area contributed by atoms with Gasteiger partial charge in [0.25, 0.3) is 0 Å². The Morgan fingerprint density at radius 3 is 2.64 bits per heavy atom. The molecule has 4 heteroatoms. The van der Waals surface area contributed by atoms with Gasteiger partial charge in [0.2, 0.25) is 0 Å². The smallest absolute Gasteiger partial charge is 0.335 e. The number of hydrogen-bond acceptors (Lipinski definition) is 1. The Kier molecular flexibility index (Phi) is 3.55. The van der Waals surface area contributed by atoms with E-state index in [0.717, 1.165) is 0 Å². The fraction of sp³-hybridized carbons (Fsp3) is 0.100. The predicted octanol–water partition coefficient (Wildman–Crippen LogP) is 3.33. The molecule has 0 heterocycles. The average Bonchev–Trinajstić information content (AvgIpc) is 2.01. The van der Waals surface area contributed by atoms with E-state index < -0.39 is 5.97 Å². The first-order valence-electron chi connectivity index (χ1n) is 3.85. The van der Waals surface area contributed by atoms with Crippen molar-refractivity contribution in [3.05, 3.63) is 46.0 Å². The molecule has 0 unspecified atom stereocenters. The molecule has 0 aliphatic rings. The first-order valence-corrected chi connectivity index (χ1v) is 4.61. The van der Waals surface area contributed by atoms with Crippen molar-refractivity contribution in [2.45, 2.75) is 6.42 Å². The summed E-state index contributed by atoms with van der Waals surface area (Å²) in [6.07, 6.45) is 0.309. The summed E-state index contributed by atoms with van der Waals surface area (Å²) >= 11 is 11.4. The Morgan fingerprint density at radius 1 is 1.50 bits per heavy atom. The molecular weight excluding hydrogens is 223 g/mol. The molecule has 0 saturated carbocycles. The summed E-state index contributed by atoms with van der Waals surface area (Å²) in [5, 5.41) is 9.73. The largest absolute Gasteiger partial charge is 0.478 e. The molecule has 0 aliphatic heterocycles. The van der Waals surface area contributed by atoms with E-state index in [1.54, 1.807) is 6.07 Å². The lowest BCUT2D eigenvalue weighted by atomic mass is 10.0. The van der Waals surface area contributed by atoms with E-state index in [-0.39, 0.29) is 5.56 Å². The van der Waals surface area contributed by atoms with Crippen LogP contribution in [0.1, 0.15) is 15.9 Å². The van der Waals surface area contributed by atoms with Crippen molar-refractivity contribution in [3.63, 3.8) is 0 Å². The third-order valence-electron chi connectivity index (χ3n) is 1.68. The predicted molar refractivity (Wildman–Crippen MR) is 57.1 cm³/mol. The van der Waals surface area contributed by atoms with Crippen LogP contribution in [0.3, 0.4) is 0 Å². The molecule has 0 saturated heterocycles. The summed E-state index contributed by atoms with van der Waals surface area (Å²) in [7, 11) is 0. The minimum Gasteiger partial charge on any atom is -0.478 e. The van der Waals surface area contributed by atoms with E-state index in [9.17, 15) is 4.79 Å². The molecule has 0 bridgehead atoms. The molecule has 2 nitrogen and oxygen atoms in total. The molecule has 74 valence electrons. The second kappa shape index (κ2) is 4.49. The third-order valence-corrected chi connectivity index (χ3v) is 2.05. The molecule has 0 atom stereocenters. The molecule has 1 aromatic carbocycles. The highest BCUT2D eigenvalue weighted by molar-refractivity contribution is 6.31. The molecule has 0 radical (unpaired) electrons. The van der Waals surface area contributed by atoms with Crippen molar-refractivity contribution < 1.29 is 9.90 Å². The highest BCUT2D eigenvalue weighted by Gasteiger charge is 2.10. The zero-order valence-electron chi connectivity index (χ0n) is 7.26. The second-order valence-electron chi connectivity index (χ2n) is 2.80. The van der Waals surface area contributed by atoms with Crippen LogP contribution in [0.4, 0.5) is 0 Å². The Balaban J connectivity index is 3.15. The lowest BCUT2D eigenvalue weighted by molar-refractivity contribution is 0.0696. The standard InChI is InChI=1S/C10H8Cl2O2/c1-6(11)4-7-5-8(12)2-3-9(7)10(13)14/h2-3,5H,1,4H2,(H,13,14). The Bertz CT molecular complexity index is 386. The maximum Gasteiger partial charge on any atom is 0.335 e. The zero-order valence-corrected chi connectivity index (χ0v) is 8.77. The lowest BCUT2D eigenvalue weighted by Gasteiger charge is -2.04. The number of allylic oxidation sites excluding steroid dienone is 1. The normalized spacial score (nSPS) is 9.86. The van der Waals surface area contributed by atoms with Gasteiger partial charge in [0.15, 0.2) is 0 Å².